The molecular formula is C28H23F3O2. The van der Waals surface area contributed by atoms with Crippen molar-refractivity contribution in [2.45, 2.75) is 26.6 Å². The van der Waals surface area contributed by atoms with Crippen molar-refractivity contribution in [2.75, 3.05) is 0 Å². The molecule has 0 fully saturated rings. The molecule has 0 unspecified atom stereocenters. The minimum atomic E-state index is -0.506. The van der Waals surface area contributed by atoms with Gasteiger partial charge in [-0.1, -0.05) is 54.1 Å². The third-order valence-electron chi connectivity index (χ3n) is 5.22. The molecule has 0 radical (unpaired) electrons. The van der Waals surface area contributed by atoms with Crippen LogP contribution in [-0.2, 0) is 19.6 Å². The molecule has 4 aromatic rings. The van der Waals surface area contributed by atoms with Gasteiger partial charge in [-0.2, -0.15) is 0 Å². The lowest BCUT2D eigenvalue weighted by atomic mass is 10.0. The van der Waals surface area contributed by atoms with Crippen molar-refractivity contribution >= 4 is 0 Å². The van der Waals surface area contributed by atoms with Crippen LogP contribution in [0.25, 0.3) is 0 Å². The summed E-state index contributed by atoms with van der Waals surface area (Å²) >= 11 is 0. The fraction of sp³-hybridized carbons (Fsp3) is 0.143. The second kappa shape index (κ2) is 10.3. The van der Waals surface area contributed by atoms with Crippen molar-refractivity contribution in [1.29, 1.82) is 0 Å². The first-order valence-corrected chi connectivity index (χ1v) is 10.6. The number of halogens is 3. The summed E-state index contributed by atoms with van der Waals surface area (Å²) in [5.74, 6) is -1.02. The smallest absolute Gasteiger partial charge is 0.165 e. The zero-order valence-electron chi connectivity index (χ0n) is 18.2. The molecule has 0 aliphatic heterocycles. The van der Waals surface area contributed by atoms with Gasteiger partial charge in [-0.05, 0) is 72.0 Å². The Morgan fingerprint density at radius 2 is 0.970 bits per heavy atom. The molecule has 0 aliphatic rings. The van der Waals surface area contributed by atoms with Gasteiger partial charge in [0, 0.05) is 0 Å². The third-order valence-corrected chi connectivity index (χ3v) is 5.22. The van der Waals surface area contributed by atoms with Gasteiger partial charge >= 0.3 is 0 Å². The van der Waals surface area contributed by atoms with Crippen LogP contribution in [0.4, 0.5) is 13.2 Å². The van der Waals surface area contributed by atoms with Gasteiger partial charge in [-0.25, -0.2) is 13.2 Å². The van der Waals surface area contributed by atoms with E-state index in [0.717, 1.165) is 16.7 Å². The molecule has 0 saturated heterocycles. The number of hydrogen-bond donors (Lipinski definition) is 0. The van der Waals surface area contributed by atoms with E-state index in [-0.39, 0.29) is 30.5 Å². The van der Waals surface area contributed by atoms with Gasteiger partial charge in [-0.3, -0.25) is 0 Å². The first-order chi connectivity index (χ1) is 16.0. The van der Waals surface area contributed by atoms with Crippen LogP contribution >= 0.6 is 0 Å². The summed E-state index contributed by atoms with van der Waals surface area (Å²) in [7, 11) is 0. The Morgan fingerprint density at radius 1 is 0.545 bits per heavy atom. The van der Waals surface area contributed by atoms with Gasteiger partial charge in [0.2, 0.25) is 0 Å². The molecule has 0 heterocycles. The molecule has 0 N–H and O–H groups in total. The summed E-state index contributed by atoms with van der Waals surface area (Å²) < 4.78 is 53.1. The monoisotopic (exact) mass is 448 g/mol. The molecule has 33 heavy (non-hydrogen) atoms. The summed E-state index contributed by atoms with van der Waals surface area (Å²) in [5.41, 5.74) is 4.24. The first-order valence-electron chi connectivity index (χ1n) is 10.6. The molecule has 0 aromatic heterocycles. The van der Waals surface area contributed by atoms with Gasteiger partial charge in [0.1, 0.15) is 19.0 Å². The Hall–Kier alpha value is -3.73. The molecule has 2 nitrogen and oxygen atoms in total. The summed E-state index contributed by atoms with van der Waals surface area (Å²) in [6.45, 7) is 2.41. The Balaban J connectivity index is 1.36. The summed E-state index contributed by atoms with van der Waals surface area (Å²) in [4.78, 5) is 0. The maximum atomic E-state index is 14.5. The molecular weight excluding hydrogens is 425 g/mol. The van der Waals surface area contributed by atoms with E-state index in [1.165, 1.54) is 24.3 Å². The fourth-order valence-corrected chi connectivity index (χ4v) is 3.37. The van der Waals surface area contributed by atoms with Crippen molar-refractivity contribution in [3.8, 4) is 11.5 Å². The highest BCUT2D eigenvalue weighted by atomic mass is 19.1. The van der Waals surface area contributed by atoms with Crippen LogP contribution in [0, 0.1) is 24.4 Å². The first kappa shape index (κ1) is 22.5. The zero-order chi connectivity index (χ0) is 23.2. The van der Waals surface area contributed by atoms with Crippen LogP contribution < -0.4 is 9.47 Å². The molecule has 4 rings (SSSR count). The van der Waals surface area contributed by atoms with E-state index in [0.29, 0.717) is 17.5 Å². The van der Waals surface area contributed by atoms with Crippen LogP contribution in [0.2, 0.25) is 0 Å². The highest BCUT2D eigenvalue weighted by Gasteiger charge is 2.09. The van der Waals surface area contributed by atoms with E-state index in [9.17, 15) is 13.2 Å². The molecule has 0 saturated carbocycles. The highest BCUT2D eigenvalue weighted by molar-refractivity contribution is 5.36. The van der Waals surface area contributed by atoms with Gasteiger partial charge in [0.15, 0.2) is 23.1 Å². The molecule has 168 valence electrons. The molecule has 0 aliphatic carbocycles. The predicted molar refractivity (Wildman–Crippen MR) is 122 cm³/mol. The molecule has 5 heteroatoms. The zero-order valence-corrected chi connectivity index (χ0v) is 18.2. The van der Waals surface area contributed by atoms with Gasteiger partial charge < -0.3 is 9.47 Å². The number of ether oxygens (including phenoxy) is 2. The molecule has 0 atom stereocenters. The van der Waals surface area contributed by atoms with Crippen LogP contribution in [0.5, 0.6) is 11.5 Å². The van der Waals surface area contributed by atoms with Gasteiger partial charge in [-0.15, -0.1) is 0 Å². The van der Waals surface area contributed by atoms with E-state index in [4.69, 9.17) is 9.47 Å². The summed E-state index contributed by atoms with van der Waals surface area (Å²) in [6.07, 6.45) is 0.365. The van der Waals surface area contributed by atoms with Gasteiger partial charge in [0.05, 0.1) is 0 Å². The lowest BCUT2D eigenvalue weighted by molar-refractivity contribution is 0.290. The molecule has 0 amide bonds. The molecule has 4 aromatic carbocycles. The Morgan fingerprint density at radius 3 is 1.42 bits per heavy atom. The average Bonchev–Trinajstić information content (AvgIpc) is 2.80. The minimum absolute atomic E-state index is 0.106. The summed E-state index contributed by atoms with van der Waals surface area (Å²) in [6, 6.07) is 23.1. The third kappa shape index (κ3) is 6.16. The Bertz CT molecular complexity index is 1120. The Labute approximate surface area is 191 Å². The standard InChI is InChI=1S/C28H23F3O2/c1-19-2-4-20(5-3-19)17-32-27-12-8-22(15-25(27)30)14-23-9-13-28(26(31)16-23)33-18-21-6-10-24(29)11-7-21/h2-13,15-16H,14,17-18H2,1H3. The number of aryl methyl sites for hydroxylation is 1. The summed E-state index contributed by atoms with van der Waals surface area (Å²) in [5, 5.41) is 0. The maximum absolute atomic E-state index is 14.5. The quantitative estimate of drug-likeness (QED) is 0.285. The van der Waals surface area contributed by atoms with Crippen molar-refractivity contribution in [3.63, 3.8) is 0 Å². The number of benzene rings is 4. The van der Waals surface area contributed by atoms with Crippen LogP contribution in [0.3, 0.4) is 0 Å². The topological polar surface area (TPSA) is 18.5 Å². The van der Waals surface area contributed by atoms with Gasteiger partial charge in [0.25, 0.3) is 0 Å². The Kier molecular flexibility index (Phi) is 6.98. The second-order valence-electron chi connectivity index (χ2n) is 7.90. The van der Waals surface area contributed by atoms with Crippen LogP contribution in [0.15, 0.2) is 84.9 Å². The minimum Gasteiger partial charge on any atom is -0.486 e. The number of rotatable bonds is 8. The van der Waals surface area contributed by atoms with Crippen molar-refractivity contribution in [2.24, 2.45) is 0 Å². The molecule has 0 spiro atoms. The highest BCUT2D eigenvalue weighted by Crippen LogP contribution is 2.24. The number of hydrogen-bond acceptors (Lipinski definition) is 2. The maximum Gasteiger partial charge on any atom is 0.165 e. The van der Waals surface area contributed by atoms with Crippen molar-refractivity contribution < 1.29 is 22.6 Å². The fourth-order valence-electron chi connectivity index (χ4n) is 3.37. The lowest BCUT2D eigenvalue weighted by Crippen LogP contribution is -2.00. The van der Waals surface area contributed by atoms with E-state index >= 15 is 0 Å². The van der Waals surface area contributed by atoms with Crippen molar-refractivity contribution in [1.82, 2.24) is 0 Å². The van der Waals surface area contributed by atoms with Crippen LogP contribution in [0.1, 0.15) is 27.8 Å². The molecule has 0 bridgehead atoms. The second-order valence-corrected chi connectivity index (χ2v) is 7.90. The van der Waals surface area contributed by atoms with E-state index in [2.05, 4.69) is 0 Å². The van der Waals surface area contributed by atoms with E-state index in [1.54, 1.807) is 36.4 Å². The van der Waals surface area contributed by atoms with E-state index in [1.807, 2.05) is 31.2 Å². The largest absolute Gasteiger partial charge is 0.486 e. The van der Waals surface area contributed by atoms with E-state index < -0.39 is 11.6 Å². The van der Waals surface area contributed by atoms with Crippen LogP contribution in [-0.4, -0.2) is 0 Å². The average molecular weight is 448 g/mol. The predicted octanol–water partition coefficient (Wildman–Crippen LogP) is 7.16. The van der Waals surface area contributed by atoms with Crippen molar-refractivity contribution in [3.05, 3.63) is 130 Å². The normalized spacial score (nSPS) is 10.8. The lowest BCUT2D eigenvalue weighted by Gasteiger charge is -2.11. The SMILES string of the molecule is Cc1ccc(COc2ccc(Cc3ccc(OCc4ccc(F)cc4)c(F)c3)cc2F)cc1.